The van der Waals surface area contributed by atoms with Gasteiger partial charge in [-0.1, -0.05) is 0 Å². The van der Waals surface area contributed by atoms with E-state index in [1.54, 1.807) is 6.92 Å². The van der Waals surface area contributed by atoms with Gasteiger partial charge in [-0.25, -0.2) is 0 Å². The summed E-state index contributed by atoms with van der Waals surface area (Å²) in [6.07, 6.45) is 0.540. The van der Waals surface area contributed by atoms with Crippen molar-refractivity contribution >= 4 is 23.8 Å². The molecule has 0 unspecified atom stereocenters. The lowest BCUT2D eigenvalue weighted by Crippen LogP contribution is -2.26. The second-order valence-corrected chi connectivity index (χ2v) is 5.34. The van der Waals surface area contributed by atoms with E-state index in [0.29, 0.717) is 35.4 Å². The number of benzene rings is 1. The Hall–Kier alpha value is -2.55. The number of nitro groups is 1. The number of nitrogens with zero attached hydrogens (tertiary/aromatic N) is 3. The molecule has 0 aliphatic carbocycles. The molecule has 0 saturated heterocycles. The van der Waals surface area contributed by atoms with Crippen LogP contribution in [0.2, 0.25) is 0 Å². The van der Waals surface area contributed by atoms with Crippen LogP contribution in [-0.4, -0.2) is 32.1 Å². The Morgan fingerprint density at radius 1 is 1.52 bits per heavy atom. The van der Waals surface area contributed by atoms with Crippen molar-refractivity contribution in [1.29, 1.82) is 0 Å². The summed E-state index contributed by atoms with van der Waals surface area (Å²) in [5, 5.41) is 20.4. The van der Waals surface area contributed by atoms with Crippen LogP contribution in [0.1, 0.15) is 28.7 Å². The summed E-state index contributed by atoms with van der Waals surface area (Å²) < 4.78 is 2.41. The fourth-order valence-electron chi connectivity index (χ4n) is 2.26. The van der Waals surface area contributed by atoms with Crippen LogP contribution in [-0.2, 0) is 13.0 Å². The zero-order chi connectivity index (χ0) is 17.0. The first-order valence-electron chi connectivity index (χ1n) is 7.11. The van der Waals surface area contributed by atoms with Gasteiger partial charge in [0.1, 0.15) is 5.82 Å². The van der Waals surface area contributed by atoms with Crippen molar-refractivity contribution in [2.24, 2.45) is 0 Å². The smallest absolute Gasteiger partial charge is 0.272 e. The average molecular weight is 335 g/mol. The van der Waals surface area contributed by atoms with Gasteiger partial charge in [0.2, 0.25) is 0 Å². The topological polar surface area (TPSA) is 106 Å². The van der Waals surface area contributed by atoms with Gasteiger partial charge >= 0.3 is 0 Å². The van der Waals surface area contributed by atoms with E-state index < -0.39 is 4.92 Å². The summed E-state index contributed by atoms with van der Waals surface area (Å²) in [6, 6.07) is 4.30. The number of rotatable bonds is 6. The summed E-state index contributed by atoms with van der Waals surface area (Å²) in [5.74, 6) is 0.498. The first kappa shape index (κ1) is 16.8. The van der Waals surface area contributed by atoms with Crippen molar-refractivity contribution in [3.8, 4) is 0 Å². The van der Waals surface area contributed by atoms with Gasteiger partial charge in [-0.2, -0.15) is 5.10 Å². The highest BCUT2D eigenvalue weighted by molar-refractivity contribution is 7.71. The normalized spacial score (nSPS) is 10.5. The Balaban J connectivity index is 1.98. The Morgan fingerprint density at radius 2 is 2.26 bits per heavy atom. The van der Waals surface area contributed by atoms with Crippen molar-refractivity contribution < 1.29 is 9.72 Å². The number of aromatic nitrogens is 3. The number of H-pyrrole nitrogens is 1. The molecule has 1 aromatic carbocycles. The molecular weight excluding hydrogens is 318 g/mol. The zero-order valence-electron chi connectivity index (χ0n) is 12.8. The van der Waals surface area contributed by atoms with Gasteiger partial charge < -0.3 is 9.88 Å². The van der Waals surface area contributed by atoms with E-state index in [0.717, 1.165) is 5.82 Å². The van der Waals surface area contributed by atoms with Gasteiger partial charge in [0, 0.05) is 36.7 Å². The third kappa shape index (κ3) is 3.81. The van der Waals surface area contributed by atoms with Crippen LogP contribution in [0.4, 0.5) is 5.69 Å². The molecule has 122 valence electrons. The molecule has 1 aromatic heterocycles. The molecule has 2 rings (SSSR count). The van der Waals surface area contributed by atoms with Crippen molar-refractivity contribution in [3.63, 3.8) is 0 Å². The molecule has 23 heavy (non-hydrogen) atoms. The Labute approximate surface area is 137 Å². The van der Waals surface area contributed by atoms with Gasteiger partial charge in [-0.3, -0.25) is 20.0 Å². The number of carbonyl (C=O) groups is 1. The van der Waals surface area contributed by atoms with Crippen LogP contribution >= 0.6 is 12.2 Å². The minimum Gasteiger partial charge on any atom is -0.352 e. The van der Waals surface area contributed by atoms with Crippen molar-refractivity contribution in [2.45, 2.75) is 26.8 Å². The van der Waals surface area contributed by atoms with Gasteiger partial charge in [-0.05, 0) is 38.2 Å². The Morgan fingerprint density at radius 3 is 2.87 bits per heavy atom. The van der Waals surface area contributed by atoms with E-state index in [9.17, 15) is 14.9 Å². The number of nitrogens with one attached hydrogen (secondary N) is 2. The first-order valence-corrected chi connectivity index (χ1v) is 7.52. The summed E-state index contributed by atoms with van der Waals surface area (Å²) in [5.41, 5.74) is 0.844. The van der Waals surface area contributed by atoms with Crippen molar-refractivity contribution in [2.75, 3.05) is 6.54 Å². The van der Waals surface area contributed by atoms with Gasteiger partial charge in [0.25, 0.3) is 11.6 Å². The van der Waals surface area contributed by atoms with Crippen LogP contribution in [0.5, 0.6) is 0 Å². The summed E-state index contributed by atoms with van der Waals surface area (Å²) in [6.45, 7) is 4.68. The molecule has 0 atom stereocenters. The van der Waals surface area contributed by atoms with Crippen molar-refractivity contribution in [1.82, 2.24) is 20.1 Å². The minimum atomic E-state index is -0.468. The number of hydrogen-bond donors (Lipinski definition) is 2. The lowest BCUT2D eigenvalue weighted by atomic mass is 10.1. The van der Waals surface area contributed by atoms with Crippen LogP contribution < -0.4 is 5.32 Å². The molecule has 8 nitrogen and oxygen atoms in total. The third-order valence-corrected chi connectivity index (χ3v) is 3.76. The largest absolute Gasteiger partial charge is 0.352 e. The van der Waals surface area contributed by atoms with Gasteiger partial charge in [-0.15, -0.1) is 0 Å². The molecule has 0 aliphatic heterocycles. The minimum absolute atomic E-state index is 0.0000329. The molecule has 0 radical (unpaired) electrons. The number of aryl methyl sites for hydroxylation is 1. The maximum atomic E-state index is 12.1. The van der Waals surface area contributed by atoms with Gasteiger partial charge in [0.15, 0.2) is 4.77 Å². The molecule has 0 saturated carbocycles. The SMILES string of the molecule is CCn1c(CCNC(=O)c2ccc([N+](=O)[O-])c(C)c2)n[nH]c1=S. The van der Waals surface area contributed by atoms with Crippen LogP contribution in [0.15, 0.2) is 18.2 Å². The van der Waals surface area contributed by atoms with E-state index in [2.05, 4.69) is 15.5 Å². The number of carbonyl (C=O) groups excluding carboxylic acids is 1. The Bertz CT molecular complexity index is 796. The van der Waals surface area contributed by atoms with Crippen LogP contribution in [0, 0.1) is 21.8 Å². The third-order valence-electron chi connectivity index (χ3n) is 3.44. The lowest BCUT2D eigenvalue weighted by Gasteiger charge is -2.07. The summed E-state index contributed by atoms with van der Waals surface area (Å²) in [4.78, 5) is 22.4. The Kier molecular flexibility index (Phi) is 5.22. The number of hydrogen-bond acceptors (Lipinski definition) is 5. The molecule has 1 heterocycles. The molecule has 2 N–H and O–H groups in total. The quantitative estimate of drug-likeness (QED) is 0.478. The fourth-order valence-corrected chi connectivity index (χ4v) is 2.54. The molecular formula is C14H17N5O3S. The van der Waals surface area contributed by atoms with Crippen molar-refractivity contribution in [3.05, 3.63) is 50.0 Å². The predicted molar refractivity (Wildman–Crippen MR) is 87.0 cm³/mol. The standard InChI is InChI=1S/C14H17N5O3S/c1-3-18-12(16-17-14(18)23)6-7-15-13(20)10-4-5-11(19(21)22)9(2)8-10/h4-5,8H,3,6-7H2,1-2H3,(H,15,20)(H,17,23). The van der Waals surface area contributed by atoms with Gasteiger partial charge in [0.05, 0.1) is 4.92 Å². The van der Waals surface area contributed by atoms with Crippen LogP contribution in [0.3, 0.4) is 0 Å². The highest BCUT2D eigenvalue weighted by Crippen LogP contribution is 2.18. The highest BCUT2D eigenvalue weighted by Gasteiger charge is 2.13. The zero-order valence-corrected chi connectivity index (χ0v) is 13.6. The lowest BCUT2D eigenvalue weighted by molar-refractivity contribution is -0.385. The molecule has 1 amide bonds. The first-order chi connectivity index (χ1) is 10.9. The summed E-state index contributed by atoms with van der Waals surface area (Å²) >= 11 is 5.10. The summed E-state index contributed by atoms with van der Waals surface area (Å²) in [7, 11) is 0. The second kappa shape index (κ2) is 7.14. The number of nitro benzene ring substituents is 1. The molecule has 0 spiro atoms. The average Bonchev–Trinajstić information content (AvgIpc) is 2.86. The van der Waals surface area contributed by atoms with E-state index >= 15 is 0 Å². The molecule has 9 heteroatoms. The maximum Gasteiger partial charge on any atom is 0.272 e. The molecule has 0 fully saturated rings. The molecule has 0 bridgehead atoms. The van der Waals surface area contributed by atoms with E-state index in [-0.39, 0.29) is 11.6 Å². The number of amides is 1. The van der Waals surface area contributed by atoms with Crippen LogP contribution in [0.25, 0.3) is 0 Å². The molecule has 2 aromatic rings. The van der Waals surface area contributed by atoms with E-state index in [1.807, 2.05) is 11.5 Å². The predicted octanol–water partition coefficient (Wildman–Crippen LogP) is 2.15. The monoisotopic (exact) mass is 335 g/mol. The van der Waals surface area contributed by atoms with E-state index in [4.69, 9.17) is 12.2 Å². The fraction of sp³-hybridized carbons (Fsp3) is 0.357. The maximum absolute atomic E-state index is 12.1. The second-order valence-electron chi connectivity index (χ2n) is 4.95. The number of aromatic amines is 1. The highest BCUT2D eigenvalue weighted by atomic mass is 32.1. The van der Waals surface area contributed by atoms with E-state index in [1.165, 1.54) is 18.2 Å². The molecule has 0 aliphatic rings.